The molecule has 5 heteroatoms. The average molecular weight is 176 g/mol. The smallest absolute Gasteiger partial charge is 0.163 e. The van der Waals surface area contributed by atoms with Crippen molar-refractivity contribution in [1.82, 2.24) is 0 Å². The Morgan fingerprint density at radius 3 is 2.82 bits per heavy atom. The van der Waals surface area contributed by atoms with Crippen molar-refractivity contribution >= 4 is 11.6 Å². The molecule has 0 aromatic heterocycles. The first-order valence-corrected chi connectivity index (χ1v) is 3.06. The summed E-state index contributed by atoms with van der Waals surface area (Å²) >= 11 is 5.35. The lowest BCUT2D eigenvalue weighted by Crippen LogP contribution is -1.82. The largest absolute Gasteiger partial charge is 0.324 e. The zero-order chi connectivity index (χ0) is 8.27. The third kappa shape index (κ3) is 1.88. The van der Waals surface area contributed by atoms with Crippen LogP contribution in [0, 0.1) is 10.7 Å². The number of nitrogens with zero attached hydrogens (tertiary/aromatic N) is 1. The summed E-state index contributed by atoms with van der Waals surface area (Å²) in [5.41, 5.74) is 0. The summed E-state index contributed by atoms with van der Waals surface area (Å²) in [5.74, 6) is -0.448. The lowest BCUT2D eigenvalue weighted by Gasteiger charge is -1.95. The lowest BCUT2D eigenvalue weighted by atomic mass is 10.3. The summed E-state index contributed by atoms with van der Waals surface area (Å²) in [6.45, 7) is 0. The van der Waals surface area contributed by atoms with Crippen molar-refractivity contribution in [3.05, 3.63) is 33.9 Å². The SMILES string of the molecule is O=NOc1ccc(F)c(Cl)c1. The molecule has 0 atom stereocenters. The zero-order valence-electron chi connectivity index (χ0n) is 5.25. The van der Waals surface area contributed by atoms with E-state index in [1.807, 2.05) is 0 Å². The van der Waals surface area contributed by atoms with Crippen molar-refractivity contribution in [2.75, 3.05) is 0 Å². The van der Waals surface area contributed by atoms with E-state index < -0.39 is 5.82 Å². The Labute approximate surface area is 66.7 Å². The monoisotopic (exact) mass is 175 g/mol. The first-order valence-electron chi connectivity index (χ1n) is 2.69. The quantitative estimate of drug-likeness (QED) is 0.512. The fourth-order valence-corrected chi connectivity index (χ4v) is 0.747. The number of hydrogen-bond acceptors (Lipinski definition) is 3. The van der Waals surface area contributed by atoms with Crippen molar-refractivity contribution in [3.63, 3.8) is 0 Å². The first kappa shape index (κ1) is 7.94. The molecule has 0 amide bonds. The van der Waals surface area contributed by atoms with Crippen molar-refractivity contribution < 1.29 is 9.23 Å². The summed E-state index contributed by atoms with van der Waals surface area (Å²) in [5, 5.41) is 2.04. The molecular formula is C6H3ClFNO2. The summed E-state index contributed by atoms with van der Waals surface area (Å²) in [6, 6.07) is 3.50. The molecular weight excluding hydrogens is 173 g/mol. The van der Waals surface area contributed by atoms with Gasteiger partial charge in [-0.25, -0.2) is 4.39 Å². The van der Waals surface area contributed by atoms with Crippen molar-refractivity contribution in [2.24, 2.45) is 5.34 Å². The lowest BCUT2D eigenvalue weighted by molar-refractivity contribution is 0.334. The van der Waals surface area contributed by atoms with Crippen LogP contribution in [0.4, 0.5) is 4.39 Å². The second-order valence-corrected chi connectivity index (χ2v) is 2.15. The van der Waals surface area contributed by atoms with Crippen LogP contribution in [0.3, 0.4) is 0 Å². The van der Waals surface area contributed by atoms with Crippen LogP contribution >= 0.6 is 11.6 Å². The Morgan fingerprint density at radius 2 is 2.27 bits per heavy atom. The van der Waals surface area contributed by atoms with Crippen LogP contribution in [0.15, 0.2) is 23.5 Å². The fraction of sp³-hybridized carbons (Fsp3) is 0. The minimum atomic E-state index is -0.565. The van der Waals surface area contributed by atoms with Crippen LogP contribution in [-0.4, -0.2) is 0 Å². The molecule has 0 spiro atoms. The maximum absolute atomic E-state index is 12.4. The van der Waals surface area contributed by atoms with Gasteiger partial charge in [0.15, 0.2) is 11.1 Å². The molecule has 0 heterocycles. The minimum Gasteiger partial charge on any atom is -0.324 e. The van der Waals surface area contributed by atoms with Crippen molar-refractivity contribution in [3.8, 4) is 5.75 Å². The Morgan fingerprint density at radius 1 is 1.55 bits per heavy atom. The molecule has 0 saturated heterocycles. The third-order valence-electron chi connectivity index (χ3n) is 1.03. The molecule has 0 aliphatic rings. The van der Waals surface area contributed by atoms with E-state index in [0.29, 0.717) is 0 Å². The normalized spacial score (nSPS) is 9.27. The molecule has 58 valence electrons. The highest BCUT2D eigenvalue weighted by Gasteiger charge is 2.00. The van der Waals surface area contributed by atoms with E-state index >= 15 is 0 Å². The Kier molecular flexibility index (Phi) is 2.38. The molecule has 3 nitrogen and oxygen atoms in total. The second-order valence-electron chi connectivity index (χ2n) is 1.74. The number of rotatable bonds is 2. The zero-order valence-corrected chi connectivity index (χ0v) is 6.01. The summed E-state index contributed by atoms with van der Waals surface area (Å²) in [7, 11) is 0. The maximum Gasteiger partial charge on any atom is 0.163 e. The summed E-state index contributed by atoms with van der Waals surface area (Å²) in [4.78, 5) is 13.7. The average Bonchev–Trinajstić information content (AvgIpc) is 1.98. The molecule has 0 aliphatic carbocycles. The molecule has 0 radical (unpaired) electrons. The van der Waals surface area contributed by atoms with E-state index in [4.69, 9.17) is 11.6 Å². The van der Waals surface area contributed by atoms with Crippen molar-refractivity contribution in [1.29, 1.82) is 0 Å². The van der Waals surface area contributed by atoms with Gasteiger partial charge in [0.2, 0.25) is 0 Å². The van der Waals surface area contributed by atoms with Gasteiger partial charge >= 0.3 is 0 Å². The topological polar surface area (TPSA) is 38.7 Å². The van der Waals surface area contributed by atoms with Gasteiger partial charge in [-0.05, 0) is 12.1 Å². The first-order chi connectivity index (χ1) is 5.24. The van der Waals surface area contributed by atoms with Gasteiger partial charge in [-0.15, -0.1) is 4.91 Å². The fourth-order valence-electron chi connectivity index (χ4n) is 0.577. The number of hydrogen-bond donors (Lipinski definition) is 0. The van der Waals surface area contributed by atoms with E-state index in [1.54, 1.807) is 0 Å². The van der Waals surface area contributed by atoms with Crippen LogP contribution in [0.5, 0.6) is 5.75 Å². The molecule has 0 fully saturated rings. The summed E-state index contributed by atoms with van der Waals surface area (Å²) < 4.78 is 12.4. The standard InChI is InChI=1S/C6H3ClFNO2/c7-5-3-4(11-9-10)1-2-6(5)8/h1-3H. The minimum absolute atomic E-state index is 0.105. The molecule has 1 rings (SSSR count). The van der Waals surface area contributed by atoms with E-state index in [2.05, 4.69) is 10.2 Å². The highest BCUT2D eigenvalue weighted by molar-refractivity contribution is 6.30. The molecule has 1 aromatic rings. The highest BCUT2D eigenvalue weighted by Crippen LogP contribution is 2.20. The van der Waals surface area contributed by atoms with E-state index in [0.717, 1.165) is 12.1 Å². The molecule has 0 saturated carbocycles. The number of halogens is 2. The van der Waals surface area contributed by atoms with Gasteiger partial charge < -0.3 is 4.84 Å². The van der Waals surface area contributed by atoms with Crippen LogP contribution in [0.2, 0.25) is 5.02 Å². The molecule has 11 heavy (non-hydrogen) atoms. The van der Waals surface area contributed by atoms with Crippen molar-refractivity contribution in [2.45, 2.75) is 0 Å². The Hall–Kier alpha value is -1.16. The van der Waals surface area contributed by atoms with E-state index in [1.165, 1.54) is 6.07 Å². The number of benzene rings is 1. The molecule has 0 bridgehead atoms. The maximum atomic E-state index is 12.4. The van der Waals surface area contributed by atoms with Crippen LogP contribution in [-0.2, 0) is 0 Å². The Bertz CT molecular complexity index is 279. The van der Waals surface area contributed by atoms with Gasteiger partial charge in [0.1, 0.15) is 5.82 Å². The van der Waals surface area contributed by atoms with Crippen LogP contribution in [0.25, 0.3) is 0 Å². The molecule has 0 aliphatic heterocycles. The van der Waals surface area contributed by atoms with Gasteiger partial charge in [0, 0.05) is 6.07 Å². The molecule has 0 unspecified atom stereocenters. The third-order valence-corrected chi connectivity index (χ3v) is 1.32. The highest BCUT2D eigenvalue weighted by atomic mass is 35.5. The Balaban J connectivity index is 2.95. The predicted molar refractivity (Wildman–Crippen MR) is 37.8 cm³/mol. The second kappa shape index (κ2) is 3.30. The van der Waals surface area contributed by atoms with E-state index in [-0.39, 0.29) is 10.8 Å². The van der Waals surface area contributed by atoms with Gasteiger partial charge in [0.25, 0.3) is 0 Å². The van der Waals surface area contributed by atoms with E-state index in [9.17, 15) is 9.30 Å². The van der Waals surface area contributed by atoms with Gasteiger partial charge in [0.05, 0.1) is 5.02 Å². The van der Waals surface area contributed by atoms with Crippen LogP contribution in [0.1, 0.15) is 0 Å². The molecule has 0 N–H and O–H groups in total. The summed E-state index contributed by atoms with van der Waals surface area (Å²) in [6.07, 6.45) is 0. The predicted octanol–water partition coefficient (Wildman–Crippen LogP) is 2.54. The van der Waals surface area contributed by atoms with Gasteiger partial charge in [-0.1, -0.05) is 11.6 Å². The van der Waals surface area contributed by atoms with Gasteiger partial charge in [-0.3, -0.25) is 0 Å². The van der Waals surface area contributed by atoms with Gasteiger partial charge in [-0.2, -0.15) is 0 Å². The molecule has 1 aromatic carbocycles. The van der Waals surface area contributed by atoms with Crippen LogP contribution < -0.4 is 4.84 Å².